The van der Waals surface area contributed by atoms with Crippen LogP contribution in [-0.4, -0.2) is 0 Å². The van der Waals surface area contributed by atoms with Crippen molar-refractivity contribution in [2.45, 2.75) is 27.7 Å². The lowest BCUT2D eigenvalue weighted by Crippen LogP contribution is -1.85. The second-order valence-electron chi connectivity index (χ2n) is 3.24. The largest absolute Gasteiger partial charge is 0.399 e. The molecule has 2 heteroatoms. The van der Waals surface area contributed by atoms with Crippen molar-refractivity contribution in [3.63, 3.8) is 0 Å². The molecule has 0 spiro atoms. The van der Waals surface area contributed by atoms with Crippen molar-refractivity contribution >= 4 is 11.4 Å². The molecule has 0 bridgehead atoms. The van der Waals surface area contributed by atoms with Crippen LogP contribution in [0.4, 0.5) is 11.4 Å². The standard InChI is InChI=1S/C12H12N2.2C2H6/c13-11-5-1-9(2-6-11)10-3-7-12(14)8-4-10;2*1-2/h1-8H,13-14H2;2*1-2H3. The minimum absolute atomic E-state index is 0.782. The number of hydrogen-bond acceptors (Lipinski definition) is 2. The zero-order chi connectivity index (χ0) is 14.0. The Bertz CT molecular complexity index is 372. The van der Waals surface area contributed by atoms with E-state index in [-0.39, 0.29) is 0 Å². The highest BCUT2D eigenvalue weighted by molar-refractivity contribution is 5.67. The molecule has 0 heterocycles. The van der Waals surface area contributed by atoms with Crippen LogP contribution in [0.15, 0.2) is 48.5 Å². The molecule has 0 unspecified atom stereocenters. The van der Waals surface area contributed by atoms with E-state index >= 15 is 0 Å². The van der Waals surface area contributed by atoms with Crippen molar-refractivity contribution in [1.82, 2.24) is 0 Å². The summed E-state index contributed by atoms with van der Waals surface area (Å²) in [4.78, 5) is 0. The van der Waals surface area contributed by atoms with Crippen LogP contribution in [0, 0.1) is 0 Å². The van der Waals surface area contributed by atoms with Gasteiger partial charge in [0.15, 0.2) is 0 Å². The molecule has 2 aromatic rings. The van der Waals surface area contributed by atoms with Crippen LogP contribution in [0.1, 0.15) is 27.7 Å². The summed E-state index contributed by atoms with van der Waals surface area (Å²) in [6, 6.07) is 15.6. The first-order chi connectivity index (χ1) is 8.75. The fourth-order valence-corrected chi connectivity index (χ4v) is 1.35. The molecule has 0 aliphatic heterocycles. The highest BCUT2D eigenvalue weighted by Crippen LogP contribution is 2.21. The van der Waals surface area contributed by atoms with E-state index in [1.165, 1.54) is 0 Å². The Kier molecular flexibility index (Phi) is 8.12. The summed E-state index contributed by atoms with van der Waals surface area (Å²) < 4.78 is 0. The van der Waals surface area contributed by atoms with Gasteiger partial charge in [-0.1, -0.05) is 52.0 Å². The van der Waals surface area contributed by atoms with E-state index in [1.807, 2.05) is 76.2 Å². The van der Waals surface area contributed by atoms with Gasteiger partial charge >= 0.3 is 0 Å². The normalized spacial score (nSPS) is 8.44. The van der Waals surface area contributed by atoms with Crippen molar-refractivity contribution in [3.05, 3.63) is 48.5 Å². The molecule has 2 rings (SSSR count). The van der Waals surface area contributed by atoms with Gasteiger partial charge < -0.3 is 11.5 Å². The molecule has 4 N–H and O–H groups in total. The van der Waals surface area contributed by atoms with Crippen LogP contribution >= 0.6 is 0 Å². The number of anilines is 2. The van der Waals surface area contributed by atoms with Gasteiger partial charge in [-0.2, -0.15) is 0 Å². The van der Waals surface area contributed by atoms with Crippen LogP contribution in [0.25, 0.3) is 11.1 Å². The van der Waals surface area contributed by atoms with E-state index in [0.717, 1.165) is 22.5 Å². The zero-order valence-electron chi connectivity index (χ0n) is 11.8. The molecule has 0 saturated heterocycles. The van der Waals surface area contributed by atoms with E-state index in [2.05, 4.69) is 0 Å². The number of hydrogen-bond donors (Lipinski definition) is 2. The molecule has 0 fully saturated rings. The lowest BCUT2D eigenvalue weighted by atomic mass is 10.1. The Morgan fingerprint density at radius 3 is 0.944 bits per heavy atom. The Morgan fingerprint density at radius 2 is 0.722 bits per heavy atom. The quantitative estimate of drug-likeness (QED) is 0.722. The molecule has 0 aromatic heterocycles. The molecule has 0 saturated carbocycles. The van der Waals surface area contributed by atoms with Gasteiger partial charge in [-0.3, -0.25) is 0 Å². The molecule has 0 aliphatic rings. The van der Waals surface area contributed by atoms with Crippen molar-refractivity contribution in [2.75, 3.05) is 11.5 Å². The summed E-state index contributed by atoms with van der Waals surface area (Å²) in [5, 5.41) is 0. The minimum atomic E-state index is 0.782. The SMILES string of the molecule is CC.CC.Nc1ccc(-c2ccc(N)cc2)cc1. The van der Waals surface area contributed by atoms with Crippen LogP contribution < -0.4 is 11.5 Å². The molecule has 0 amide bonds. The van der Waals surface area contributed by atoms with E-state index in [4.69, 9.17) is 11.5 Å². The van der Waals surface area contributed by atoms with Gasteiger partial charge in [0.25, 0.3) is 0 Å². The molecular weight excluding hydrogens is 220 g/mol. The van der Waals surface area contributed by atoms with Crippen LogP contribution in [-0.2, 0) is 0 Å². The second-order valence-corrected chi connectivity index (χ2v) is 3.24. The van der Waals surface area contributed by atoms with Crippen LogP contribution in [0.2, 0.25) is 0 Å². The highest BCUT2D eigenvalue weighted by Gasteiger charge is 1.95. The van der Waals surface area contributed by atoms with Gasteiger partial charge in [-0.05, 0) is 35.4 Å². The van der Waals surface area contributed by atoms with E-state index in [1.54, 1.807) is 0 Å². The van der Waals surface area contributed by atoms with Gasteiger partial charge in [0.1, 0.15) is 0 Å². The summed E-state index contributed by atoms with van der Waals surface area (Å²) in [6.07, 6.45) is 0. The summed E-state index contributed by atoms with van der Waals surface area (Å²) in [7, 11) is 0. The van der Waals surface area contributed by atoms with Gasteiger partial charge in [-0.25, -0.2) is 0 Å². The van der Waals surface area contributed by atoms with E-state index in [0.29, 0.717) is 0 Å². The Morgan fingerprint density at radius 1 is 0.500 bits per heavy atom. The van der Waals surface area contributed by atoms with Gasteiger partial charge in [0.05, 0.1) is 0 Å². The predicted molar refractivity (Wildman–Crippen MR) is 83.4 cm³/mol. The summed E-state index contributed by atoms with van der Waals surface area (Å²) >= 11 is 0. The number of nitrogen functional groups attached to an aromatic ring is 2. The first-order valence-electron chi connectivity index (χ1n) is 6.47. The molecule has 18 heavy (non-hydrogen) atoms. The Labute approximate surface area is 111 Å². The van der Waals surface area contributed by atoms with Crippen LogP contribution in [0.3, 0.4) is 0 Å². The first kappa shape index (κ1) is 16.0. The summed E-state index contributed by atoms with van der Waals surface area (Å²) in [6.45, 7) is 8.00. The predicted octanol–water partition coefficient (Wildman–Crippen LogP) is 4.57. The average Bonchev–Trinajstić information content (AvgIpc) is 2.45. The average molecular weight is 244 g/mol. The van der Waals surface area contributed by atoms with Crippen molar-refractivity contribution in [2.24, 2.45) is 0 Å². The van der Waals surface area contributed by atoms with Crippen LogP contribution in [0.5, 0.6) is 0 Å². The maximum Gasteiger partial charge on any atom is 0.0314 e. The highest BCUT2D eigenvalue weighted by atomic mass is 14.5. The van der Waals surface area contributed by atoms with Crippen molar-refractivity contribution < 1.29 is 0 Å². The lowest BCUT2D eigenvalue weighted by molar-refractivity contribution is 1.50. The molecule has 2 nitrogen and oxygen atoms in total. The number of rotatable bonds is 1. The summed E-state index contributed by atoms with van der Waals surface area (Å²) in [5.74, 6) is 0. The molecule has 2 aromatic carbocycles. The minimum Gasteiger partial charge on any atom is -0.399 e. The fourth-order valence-electron chi connectivity index (χ4n) is 1.35. The Hall–Kier alpha value is -1.96. The third-order valence-corrected chi connectivity index (χ3v) is 2.15. The third-order valence-electron chi connectivity index (χ3n) is 2.15. The molecule has 0 radical (unpaired) electrons. The lowest BCUT2D eigenvalue weighted by Gasteiger charge is -2.02. The van der Waals surface area contributed by atoms with Gasteiger partial charge in [-0.15, -0.1) is 0 Å². The zero-order valence-corrected chi connectivity index (χ0v) is 11.8. The monoisotopic (exact) mass is 244 g/mol. The topological polar surface area (TPSA) is 52.0 Å². The maximum atomic E-state index is 5.61. The number of benzene rings is 2. The molecular formula is C16H24N2. The molecule has 0 atom stereocenters. The molecule has 98 valence electrons. The smallest absolute Gasteiger partial charge is 0.0314 e. The molecule has 0 aliphatic carbocycles. The maximum absolute atomic E-state index is 5.61. The Balaban J connectivity index is 0.000000659. The summed E-state index contributed by atoms with van der Waals surface area (Å²) in [5.41, 5.74) is 15.1. The van der Waals surface area contributed by atoms with Crippen molar-refractivity contribution in [3.8, 4) is 11.1 Å². The fraction of sp³-hybridized carbons (Fsp3) is 0.250. The number of nitrogens with two attached hydrogens (primary N) is 2. The third kappa shape index (κ3) is 4.91. The first-order valence-corrected chi connectivity index (χ1v) is 6.47. The van der Waals surface area contributed by atoms with E-state index < -0.39 is 0 Å². The van der Waals surface area contributed by atoms with Crippen molar-refractivity contribution in [1.29, 1.82) is 0 Å². The van der Waals surface area contributed by atoms with Gasteiger partial charge in [0, 0.05) is 11.4 Å². The second kappa shape index (κ2) is 9.11. The van der Waals surface area contributed by atoms with Gasteiger partial charge in [0.2, 0.25) is 0 Å². The van der Waals surface area contributed by atoms with E-state index in [9.17, 15) is 0 Å².